The number of benzene rings is 1. The molecule has 0 aliphatic heterocycles. The lowest BCUT2D eigenvalue weighted by Crippen LogP contribution is -2.38. The molecule has 0 spiro atoms. The molecule has 0 heterocycles. The molecular weight excluding hydrogens is 261 g/mol. The van der Waals surface area contributed by atoms with Crippen molar-refractivity contribution in [3.8, 4) is 0 Å². The van der Waals surface area contributed by atoms with Crippen LogP contribution in [0.15, 0.2) is 18.2 Å². The highest BCUT2D eigenvalue weighted by Gasteiger charge is 2.32. The van der Waals surface area contributed by atoms with Crippen molar-refractivity contribution in [3.05, 3.63) is 34.6 Å². The summed E-state index contributed by atoms with van der Waals surface area (Å²) in [6.07, 6.45) is 7.00. The van der Waals surface area contributed by atoms with Crippen molar-refractivity contribution >= 4 is 11.6 Å². The fraction of sp³-hybridized carbons (Fsp3) is 0.625. The van der Waals surface area contributed by atoms with E-state index in [0.29, 0.717) is 0 Å². The van der Waals surface area contributed by atoms with Crippen LogP contribution >= 0.6 is 11.6 Å². The van der Waals surface area contributed by atoms with E-state index in [1.807, 2.05) is 12.1 Å². The molecule has 1 aromatic carbocycles. The molecule has 3 heteroatoms. The number of nitrogens with one attached hydrogen (secondary N) is 1. The zero-order valence-electron chi connectivity index (χ0n) is 11.6. The van der Waals surface area contributed by atoms with Gasteiger partial charge in [-0.15, -0.1) is 0 Å². The minimum Gasteiger partial charge on any atom is -0.316 e. The van der Waals surface area contributed by atoms with Gasteiger partial charge < -0.3 is 5.32 Å². The second-order valence-electron chi connectivity index (χ2n) is 5.73. The van der Waals surface area contributed by atoms with Gasteiger partial charge in [0.25, 0.3) is 0 Å². The molecule has 0 aromatic heterocycles. The third-order valence-electron chi connectivity index (χ3n) is 4.26. The van der Waals surface area contributed by atoms with E-state index in [2.05, 4.69) is 12.2 Å². The van der Waals surface area contributed by atoms with Gasteiger partial charge in [-0.3, -0.25) is 0 Å². The standard InChI is InChI=1S/C16H23ClFN/c1-2-19-12-16(9-4-3-5-10-16)11-13-7-6-8-14(17)15(13)18/h6-8,19H,2-5,9-12H2,1H3. The zero-order valence-corrected chi connectivity index (χ0v) is 12.4. The molecule has 1 N–H and O–H groups in total. The summed E-state index contributed by atoms with van der Waals surface area (Å²) >= 11 is 5.89. The Bertz CT molecular complexity index is 413. The van der Waals surface area contributed by atoms with E-state index in [0.717, 1.165) is 25.1 Å². The number of halogens is 2. The van der Waals surface area contributed by atoms with E-state index in [1.165, 1.54) is 32.1 Å². The molecule has 1 aliphatic carbocycles. The van der Waals surface area contributed by atoms with E-state index < -0.39 is 0 Å². The van der Waals surface area contributed by atoms with Crippen LogP contribution in [0.3, 0.4) is 0 Å². The van der Waals surface area contributed by atoms with Gasteiger partial charge in [0.05, 0.1) is 5.02 Å². The van der Waals surface area contributed by atoms with E-state index in [-0.39, 0.29) is 16.3 Å². The Hall–Kier alpha value is -0.600. The van der Waals surface area contributed by atoms with Crippen molar-refractivity contribution in [1.82, 2.24) is 5.32 Å². The maximum atomic E-state index is 14.1. The van der Waals surface area contributed by atoms with E-state index >= 15 is 0 Å². The van der Waals surface area contributed by atoms with Gasteiger partial charge in [-0.2, -0.15) is 0 Å². The van der Waals surface area contributed by atoms with Gasteiger partial charge in [0.2, 0.25) is 0 Å². The first-order valence-corrected chi connectivity index (χ1v) is 7.68. The van der Waals surface area contributed by atoms with Crippen LogP contribution in [0.5, 0.6) is 0 Å². The maximum absolute atomic E-state index is 14.1. The van der Waals surface area contributed by atoms with Crippen LogP contribution in [0.2, 0.25) is 5.02 Å². The highest BCUT2D eigenvalue weighted by molar-refractivity contribution is 6.30. The summed E-state index contributed by atoms with van der Waals surface area (Å²) in [6, 6.07) is 5.35. The highest BCUT2D eigenvalue weighted by atomic mass is 35.5. The van der Waals surface area contributed by atoms with Crippen LogP contribution < -0.4 is 5.32 Å². The molecule has 1 saturated carbocycles. The van der Waals surface area contributed by atoms with Crippen LogP contribution in [0.1, 0.15) is 44.6 Å². The van der Waals surface area contributed by atoms with E-state index in [9.17, 15) is 4.39 Å². The van der Waals surface area contributed by atoms with Crippen molar-refractivity contribution in [1.29, 1.82) is 0 Å². The molecule has 0 radical (unpaired) electrons. The first kappa shape index (κ1) is 14.8. The van der Waals surface area contributed by atoms with Gasteiger partial charge in [0, 0.05) is 6.54 Å². The largest absolute Gasteiger partial charge is 0.316 e. The summed E-state index contributed by atoms with van der Waals surface area (Å²) < 4.78 is 14.1. The van der Waals surface area contributed by atoms with E-state index in [1.54, 1.807) is 6.07 Å². The minimum absolute atomic E-state index is 0.208. The Kier molecular flexibility index (Phi) is 5.23. The Balaban J connectivity index is 2.17. The fourth-order valence-corrected chi connectivity index (χ4v) is 3.39. The summed E-state index contributed by atoms with van der Waals surface area (Å²) in [5, 5.41) is 3.70. The van der Waals surface area contributed by atoms with Gasteiger partial charge in [-0.1, -0.05) is 49.9 Å². The molecule has 106 valence electrons. The molecule has 1 aromatic rings. The van der Waals surface area contributed by atoms with Crippen molar-refractivity contribution in [3.63, 3.8) is 0 Å². The Morgan fingerprint density at radius 3 is 2.68 bits per heavy atom. The van der Waals surface area contributed by atoms with Crippen molar-refractivity contribution in [2.75, 3.05) is 13.1 Å². The molecule has 0 amide bonds. The van der Waals surface area contributed by atoms with Crippen LogP contribution in [0.4, 0.5) is 4.39 Å². The third-order valence-corrected chi connectivity index (χ3v) is 4.55. The molecule has 2 rings (SSSR count). The van der Waals surface area contributed by atoms with Crippen LogP contribution in [-0.2, 0) is 6.42 Å². The Morgan fingerprint density at radius 1 is 1.26 bits per heavy atom. The molecule has 1 aliphatic rings. The zero-order chi connectivity index (χ0) is 13.7. The van der Waals surface area contributed by atoms with Crippen LogP contribution in [-0.4, -0.2) is 13.1 Å². The van der Waals surface area contributed by atoms with Crippen LogP contribution in [0, 0.1) is 11.2 Å². The average Bonchev–Trinajstić information content (AvgIpc) is 2.43. The second-order valence-corrected chi connectivity index (χ2v) is 6.14. The predicted octanol–water partition coefficient (Wildman–Crippen LogP) is 4.58. The van der Waals surface area contributed by atoms with Gasteiger partial charge in [0.15, 0.2) is 0 Å². The molecule has 0 bridgehead atoms. The summed E-state index contributed by atoms with van der Waals surface area (Å²) in [7, 11) is 0. The Morgan fingerprint density at radius 2 is 2.00 bits per heavy atom. The monoisotopic (exact) mass is 283 g/mol. The van der Waals surface area contributed by atoms with Gasteiger partial charge >= 0.3 is 0 Å². The summed E-state index contributed by atoms with van der Waals surface area (Å²) in [5.41, 5.74) is 0.979. The van der Waals surface area contributed by atoms with Gasteiger partial charge in [0.1, 0.15) is 5.82 Å². The first-order valence-electron chi connectivity index (χ1n) is 7.30. The summed E-state index contributed by atoms with van der Waals surface area (Å²) in [6.45, 7) is 4.08. The maximum Gasteiger partial charge on any atom is 0.144 e. The lowest BCUT2D eigenvalue weighted by Gasteiger charge is -2.38. The van der Waals surface area contributed by atoms with Crippen molar-refractivity contribution < 1.29 is 4.39 Å². The topological polar surface area (TPSA) is 12.0 Å². The molecule has 1 nitrogen and oxygen atoms in total. The van der Waals surface area contributed by atoms with Gasteiger partial charge in [-0.25, -0.2) is 4.39 Å². The van der Waals surface area contributed by atoms with Crippen molar-refractivity contribution in [2.45, 2.75) is 45.4 Å². The fourth-order valence-electron chi connectivity index (χ4n) is 3.20. The SMILES string of the molecule is CCNCC1(Cc2cccc(Cl)c2F)CCCCC1. The van der Waals surface area contributed by atoms with Crippen molar-refractivity contribution in [2.24, 2.45) is 5.41 Å². The lowest BCUT2D eigenvalue weighted by atomic mass is 9.70. The molecule has 19 heavy (non-hydrogen) atoms. The normalized spacial score (nSPS) is 18.5. The summed E-state index contributed by atoms with van der Waals surface area (Å²) in [5.74, 6) is -0.231. The number of rotatable bonds is 5. The third kappa shape index (κ3) is 3.70. The number of hydrogen-bond donors (Lipinski definition) is 1. The predicted molar refractivity (Wildman–Crippen MR) is 79.2 cm³/mol. The first-order chi connectivity index (χ1) is 9.17. The Labute approximate surface area is 120 Å². The summed E-state index contributed by atoms with van der Waals surface area (Å²) in [4.78, 5) is 0. The smallest absolute Gasteiger partial charge is 0.144 e. The molecule has 0 unspecified atom stereocenters. The molecule has 0 saturated heterocycles. The highest BCUT2D eigenvalue weighted by Crippen LogP contribution is 2.39. The van der Waals surface area contributed by atoms with E-state index in [4.69, 9.17) is 11.6 Å². The minimum atomic E-state index is -0.231. The lowest BCUT2D eigenvalue weighted by molar-refractivity contribution is 0.180. The quantitative estimate of drug-likeness (QED) is 0.834. The van der Waals surface area contributed by atoms with Gasteiger partial charge in [-0.05, 0) is 42.9 Å². The van der Waals surface area contributed by atoms with Crippen LogP contribution in [0.25, 0.3) is 0 Å². The average molecular weight is 284 g/mol. The molecule has 1 fully saturated rings. The molecular formula is C16H23ClFN. The number of hydrogen-bond acceptors (Lipinski definition) is 1. The molecule has 0 atom stereocenters. The second kappa shape index (κ2) is 6.71.